The first-order valence-electron chi connectivity index (χ1n) is 13.8. The summed E-state index contributed by atoms with van der Waals surface area (Å²) in [5.41, 5.74) is 8.81. The first-order valence-corrected chi connectivity index (χ1v) is 13.8. The van der Waals surface area contributed by atoms with Crippen molar-refractivity contribution in [3.8, 4) is 56.4 Å². The Balaban J connectivity index is 1.30. The van der Waals surface area contributed by atoms with Crippen LogP contribution in [-0.4, -0.2) is 24.1 Å². The molecule has 6 heteroatoms. The lowest BCUT2D eigenvalue weighted by molar-refractivity contribution is 0.795. The number of rotatable bonds is 5. The smallest absolute Gasteiger partial charge is 0.295 e. The second-order valence-corrected chi connectivity index (χ2v) is 10.3. The van der Waals surface area contributed by atoms with Gasteiger partial charge in [0.2, 0.25) is 0 Å². The summed E-state index contributed by atoms with van der Waals surface area (Å²) in [4.78, 5) is 27.3. The standard InChI is InChI=1S/C36H27N5O/c1-40-31-15-9-14-30(32(31)41(2)36(40)42)26-18-22-29(23-19-26)35-38-33(27-12-7-4-8-13-27)37-34(39-35)28-20-16-25(17-21-28)24-10-5-3-6-11-24/h3-23H,1-2H3. The highest BCUT2D eigenvalue weighted by molar-refractivity contribution is 5.93. The topological polar surface area (TPSA) is 65.6 Å². The molecule has 0 spiro atoms. The van der Waals surface area contributed by atoms with Gasteiger partial charge in [-0.25, -0.2) is 19.7 Å². The fraction of sp³-hybridized carbons (Fsp3) is 0.0556. The van der Waals surface area contributed by atoms with E-state index in [1.54, 1.807) is 16.2 Å². The lowest BCUT2D eigenvalue weighted by atomic mass is 10.0. The van der Waals surface area contributed by atoms with E-state index in [1.165, 1.54) is 0 Å². The number of nitrogens with zero attached hydrogens (tertiary/aromatic N) is 5. The van der Waals surface area contributed by atoms with Crippen LogP contribution in [0.3, 0.4) is 0 Å². The molecule has 0 amide bonds. The van der Waals surface area contributed by atoms with Crippen molar-refractivity contribution in [3.63, 3.8) is 0 Å². The third kappa shape index (κ3) is 4.49. The maximum absolute atomic E-state index is 12.6. The van der Waals surface area contributed by atoms with E-state index in [0.717, 1.165) is 50.0 Å². The Kier molecular flexibility index (Phi) is 6.28. The number of benzene rings is 5. The van der Waals surface area contributed by atoms with Gasteiger partial charge in [-0.3, -0.25) is 9.13 Å². The van der Waals surface area contributed by atoms with Crippen molar-refractivity contribution in [2.24, 2.45) is 14.1 Å². The summed E-state index contributed by atoms with van der Waals surface area (Å²) >= 11 is 0. The number of hydrogen-bond acceptors (Lipinski definition) is 4. The minimum Gasteiger partial charge on any atom is -0.295 e. The average Bonchev–Trinajstić information content (AvgIpc) is 3.29. The zero-order valence-corrected chi connectivity index (χ0v) is 23.3. The van der Waals surface area contributed by atoms with Crippen LogP contribution < -0.4 is 5.69 Å². The van der Waals surface area contributed by atoms with E-state index < -0.39 is 0 Å². The highest BCUT2D eigenvalue weighted by Crippen LogP contribution is 2.31. The third-order valence-corrected chi connectivity index (χ3v) is 7.66. The summed E-state index contributed by atoms with van der Waals surface area (Å²) in [6.45, 7) is 0. The highest BCUT2D eigenvalue weighted by Gasteiger charge is 2.15. The monoisotopic (exact) mass is 545 g/mol. The van der Waals surface area contributed by atoms with Crippen LogP contribution in [0.4, 0.5) is 0 Å². The van der Waals surface area contributed by atoms with Crippen molar-refractivity contribution in [1.29, 1.82) is 0 Å². The van der Waals surface area contributed by atoms with Crippen LogP contribution in [0, 0.1) is 0 Å². The molecule has 0 bridgehead atoms. The number of fused-ring (bicyclic) bond motifs is 1. The summed E-state index contributed by atoms with van der Waals surface area (Å²) in [5, 5.41) is 0. The number of imidazole rings is 1. The van der Waals surface area contributed by atoms with Gasteiger partial charge in [-0.05, 0) is 22.8 Å². The molecule has 2 heterocycles. The zero-order chi connectivity index (χ0) is 28.6. The Morgan fingerprint density at radius 3 is 1.40 bits per heavy atom. The van der Waals surface area contributed by atoms with Crippen molar-refractivity contribution in [2.45, 2.75) is 0 Å². The van der Waals surface area contributed by atoms with E-state index >= 15 is 0 Å². The summed E-state index contributed by atoms with van der Waals surface area (Å²) in [5.74, 6) is 1.84. The predicted molar refractivity (Wildman–Crippen MR) is 169 cm³/mol. The first kappa shape index (κ1) is 25.4. The van der Waals surface area contributed by atoms with Gasteiger partial charge >= 0.3 is 5.69 Å². The molecule has 0 atom stereocenters. The van der Waals surface area contributed by atoms with E-state index in [9.17, 15) is 4.79 Å². The molecule has 0 N–H and O–H groups in total. The average molecular weight is 546 g/mol. The largest absolute Gasteiger partial charge is 0.328 e. The van der Waals surface area contributed by atoms with Gasteiger partial charge in [-0.15, -0.1) is 0 Å². The fourth-order valence-corrected chi connectivity index (χ4v) is 5.40. The van der Waals surface area contributed by atoms with Gasteiger partial charge < -0.3 is 0 Å². The molecule has 0 aliphatic carbocycles. The Bertz CT molecular complexity index is 2090. The maximum atomic E-state index is 12.6. The van der Waals surface area contributed by atoms with Crippen molar-refractivity contribution >= 4 is 11.0 Å². The van der Waals surface area contributed by atoms with Gasteiger partial charge in [-0.1, -0.05) is 121 Å². The molecule has 7 rings (SSSR count). The molecule has 6 nitrogen and oxygen atoms in total. The molecule has 0 saturated heterocycles. The summed E-state index contributed by atoms with van der Waals surface area (Å²) < 4.78 is 3.38. The third-order valence-electron chi connectivity index (χ3n) is 7.66. The highest BCUT2D eigenvalue weighted by atomic mass is 16.1. The van der Waals surface area contributed by atoms with E-state index in [-0.39, 0.29) is 5.69 Å². The van der Waals surface area contributed by atoms with Crippen molar-refractivity contribution in [3.05, 3.63) is 138 Å². The Morgan fingerprint density at radius 1 is 0.429 bits per heavy atom. The quantitative estimate of drug-likeness (QED) is 0.226. The second kappa shape index (κ2) is 10.4. The maximum Gasteiger partial charge on any atom is 0.328 e. The second-order valence-electron chi connectivity index (χ2n) is 10.3. The Morgan fingerprint density at radius 2 is 0.857 bits per heavy atom. The van der Waals surface area contributed by atoms with Gasteiger partial charge in [0.05, 0.1) is 11.0 Å². The van der Waals surface area contributed by atoms with Crippen molar-refractivity contribution in [2.75, 3.05) is 0 Å². The molecule has 7 aromatic rings. The molecule has 0 aliphatic heterocycles. The Labute approximate surface area is 243 Å². The summed E-state index contributed by atoms with van der Waals surface area (Å²) in [7, 11) is 3.61. The van der Waals surface area contributed by atoms with Crippen LogP contribution in [0.5, 0.6) is 0 Å². The minimum atomic E-state index is -0.0444. The molecule has 202 valence electrons. The molecule has 5 aromatic carbocycles. The SMILES string of the molecule is Cn1c(=O)n(C)c2c(-c3ccc(-c4nc(-c5ccccc5)nc(-c5ccc(-c6ccccc6)cc5)n4)cc3)cccc21. The molecular formula is C36H27N5O. The van der Waals surface area contributed by atoms with Crippen LogP contribution in [0.25, 0.3) is 67.5 Å². The molecule has 0 radical (unpaired) electrons. The number of aryl methyl sites for hydroxylation is 2. The molecule has 0 unspecified atom stereocenters. The molecule has 0 saturated carbocycles. The number of hydrogen-bond donors (Lipinski definition) is 0. The lowest BCUT2D eigenvalue weighted by Crippen LogP contribution is -2.19. The minimum absolute atomic E-state index is 0.0444. The molecule has 2 aromatic heterocycles. The normalized spacial score (nSPS) is 11.2. The first-order chi connectivity index (χ1) is 20.6. The van der Waals surface area contributed by atoms with Crippen molar-refractivity contribution in [1.82, 2.24) is 24.1 Å². The molecule has 0 aliphatic rings. The van der Waals surface area contributed by atoms with Crippen LogP contribution in [0.2, 0.25) is 0 Å². The Hall–Kier alpha value is -5.62. The molecular weight excluding hydrogens is 518 g/mol. The predicted octanol–water partition coefficient (Wildman–Crippen LogP) is 7.40. The van der Waals surface area contributed by atoms with Gasteiger partial charge in [-0.2, -0.15) is 0 Å². The van der Waals surface area contributed by atoms with Crippen LogP contribution in [-0.2, 0) is 14.1 Å². The van der Waals surface area contributed by atoms with Crippen LogP contribution >= 0.6 is 0 Å². The lowest BCUT2D eigenvalue weighted by Gasteiger charge is -2.10. The van der Waals surface area contributed by atoms with Gasteiger partial charge in [0.15, 0.2) is 17.5 Å². The molecule has 0 fully saturated rings. The summed E-state index contributed by atoms with van der Waals surface area (Å²) in [6, 6.07) is 42.8. The molecule has 42 heavy (non-hydrogen) atoms. The van der Waals surface area contributed by atoms with Crippen LogP contribution in [0.1, 0.15) is 0 Å². The van der Waals surface area contributed by atoms with E-state index in [2.05, 4.69) is 48.5 Å². The van der Waals surface area contributed by atoms with E-state index in [0.29, 0.717) is 17.5 Å². The van der Waals surface area contributed by atoms with Crippen molar-refractivity contribution < 1.29 is 0 Å². The number of aromatic nitrogens is 5. The van der Waals surface area contributed by atoms with Crippen LogP contribution in [0.15, 0.2) is 132 Å². The van der Waals surface area contributed by atoms with Gasteiger partial charge in [0.1, 0.15) is 0 Å². The summed E-state index contributed by atoms with van der Waals surface area (Å²) in [6.07, 6.45) is 0. The van der Waals surface area contributed by atoms with Gasteiger partial charge in [0, 0.05) is 36.3 Å². The zero-order valence-electron chi connectivity index (χ0n) is 23.3. The van der Waals surface area contributed by atoms with E-state index in [4.69, 9.17) is 15.0 Å². The van der Waals surface area contributed by atoms with E-state index in [1.807, 2.05) is 85.9 Å². The number of para-hydroxylation sites is 1. The van der Waals surface area contributed by atoms with Gasteiger partial charge in [0.25, 0.3) is 0 Å². The fourth-order valence-electron chi connectivity index (χ4n) is 5.40.